The second-order valence-corrected chi connectivity index (χ2v) is 5.92. The first-order valence-corrected chi connectivity index (χ1v) is 7.28. The standard InChI is InChI=1S/C12H17N3O4S.Na.H2O.H/c1-6(16)9-7-4-8(20-3-2-14-5-13)10(12(18)19)15(7)11(9)17;;;/h5-7,9,16H,2-4H2,1H3,(H2,13,14)(H,18,19);;1H2;/q;+1;;-1/t6-,7-,9-;;;/m1.../s1. The smallest absolute Gasteiger partial charge is 1.00 e. The zero-order valence-corrected chi connectivity index (χ0v) is 15.3. The summed E-state index contributed by atoms with van der Waals surface area (Å²) < 4.78 is 0. The molecule has 0 aromatic carbocycles. The van der Waals surface area contributed by atoms with Crippen LogP contribution in [0.3, 0.4) is 0 Å². The molecule has 2 rings (SSSR count). The van der Waals surface area contributed by atoms with E-state index in [1.165, 1.54) is 23.0 Å². The molecule has 2 aliphatic rings. The zero-order valence-electron chi connectivity index (χ0n) is 13.5. The maximum atomic E-state index is 11.9. The molecular weight excluding hydrogens is 321 g/mol. The minimum Gasteiger partial charge on any atom is -1.00 e. The van der Waals surface area contributed by atoms with Gasteiger partial charge in [-0.15, -0.1) is 11.8 Å². The molecule has 120 valence electrons. The average molecular weight is 341 g/mol. The van der Waals surface area contributed by atoms with Crippen molar-refractivity contribution in [2.24, 2.45) is 16.6 Å². The molecule has 2 heterocycles. The van der Waals surface area contributed by atoms with Gasteiger partial charge in [-0.3, -0.25) is 9.79 Å². The summed E-state index contributed by atoms with van der Waals surface area (Å²) in [5.41, 5.74) is 5.19. The molecule has 1 amide bonds. The monoisotopic (exact) mass is 341 g/mol. The number of aliphatic imine (C=N–C) groups is 1. The molecule has 0 saturated carbocycles. The number of aliphatic hydroxyl groups excluding tert-OH is 1. The van der Waals surface area contributed by atoms with Crippen LogP contribution in [-0.4, -0.2) is 63.2 Å². The summed E-state index contributed by atoms with van der Waals surface area (Å²) in [4.78, 5) is 29.1. The second kappa shape index (κ2) is 8.90. The summed E-state index contributed by atoms with van der Waals surface area (Å²) in [5.74, 6) is -1.30. The first kappa shape index (κ1) is 21.4. The molecule has 0 spiro atoms. The van der Waals surface area contributed by atoms with Crippen molar-refractivity contribution in [2.45, 2.75) is 25.5 Å². The number of carboxylic acid groups (broad SMARTS) is 1. The molecule has 0 aromatic rings. The van der Waals surface area contributed by atoms with Crippen LogP contribution in [0.4, 0.5) is 0 Å². The summed E-state index contributed by atoms with van der Waals surface area (Å²) in [6.45, 7) is 2.05. The van der Waals surface area contributed by atoms with E-state index < -0.39 is 18.0 Å². The van der Waals surface area contributed by atoms with E-state index >= 15 is 0 Å². The van der Waals surface area contributed by atoms with Crippen molar-refractivity contribution in [1.29, 1.82) is 0 Å². The van der Waals surface area contributed by atoms with Gasteiger partial charge in [-0.05, 0) is 6.92 Å². The van der Waals surface area contributed by atoms with Crippen molar-refractivity contribution < 1.29 is 56.3 Å². The number of nitrogens with zero attached hydrogens (tertiary/aromatic N) is 2. The SMILES string of the molecule is C[C@@H](O)[C@H]1C(=O)N2C(C(=O)O)=C(SCCN=CN)C[C@H]12.O.[H-].[Na+]. The number of fused-ring (bicyclic) bond motifs is 1. The van der Waals surface area contributed by atoms with Crippen molar-refractivity contribution in [2.75, 3.05) is 12.3 Å². The molecule has 8 nitrogen and oxygen atoms in total. The van der Waals surface area contributed by atoms with Gasteiger partial charge in [0.05, 0.1) is 30.9 Å². The maximum absolute atomic E-state index is 11.9. The fourth-order valence-electron chi connectivity index (χ4n) is 2.66. The summed E-state index contributed by atoms with van der Waals surface area (Å²) in [5, 5.41) is 18.9. The second-order valence-electron chi connectivity index (χ2n) is 4.73. The molecule has 0 aliphatic carbocycles. The summed E-state index contributed by atoms with van der Waals surface area (Å²) >= 11 is 1.38. The minimum absolute atomic E-state index is 0. The Labute approximate surface area is 155 Å². The normalized spacial score (nSPS) is 24.5. The topological polar surface area (TPSA) is 148 Å². The van der Waals surface area contributed by atoms with E-state index in [0.717, 1.165) is 0 Å². The molecule has 0 aromatic heterocycles. The summed E-state index contributed by atoms with van der Waals surface area (Å²) in [6.07, 6.45) is 0.937. The van der Waals surface area contributed by atoms with Crippen molar-refractivity contribution >= 4 is 30.0 Å². The number of carbonyl (C=O) groups excluding carboxylic acids is 1. The van der Waals surface area contributed by atoms with Crippen LogP contribution in [0, 0.1) is 5.92 Å². The van der Waals surface area contributed by atoms with E-state index in [9.17, 15) is 19.8 Å². The van der Waals surface area contributed by atoms with Gasteiger partial charge < -0.3 is 27.7 Å². The molecule has 1 fully saturated rings. The van der Waals surface area contributed by atoms with Gasteiger partial charge in [0, 0.05) is 17.1 Å². The van der Waals surface area contributed by atoms with Crippen molar-refractivity contribution in [3.8, 4) is 0 Å². The Morgan fingerprint density at radius 3 is 2.82 bits per heavy atom. The number of hydrogen-bond acceptors (Lipinski definition) is 5. The van der Waals surface area contributed by atoms with Crippen LogP contribution >= 0.6 is 11.8 Å². The number of aliphatic hydroxyl groups is 1. The van der Waals surface area contributed by atoms with E-state index in [1.807, 2.05) is 0 Å². The third-order valence-corrected chi connectivity index (χ3v) is 4.59. The van der Waals surface area contributed by atoms with Gasteiger partial charge >= 0.3 is 35.5 Å². The quantitative estimate of drug-likeness (QED) is 0.147. The van der Waals surface area contributed by atoms with Crippen LogP contribution in [0.25, 0.3) is 0 Å². The predicted molar refractivity (Wildman–Crippen MR) is 79.8 cm³/mol. The minimum atomic E-state index is -1.10. The number of carbonyl (C=O) groups is 2. The Hall–Kier alpha value is -0.580. The number of thioether (sulfide) groups is 1. The van der Waals surface area contributed by atoms with Crippen LogP contribution in [-0.2, 0) is 9.59 Å². The molecule has 2 aliphatic heterocycles. The van der Waals surface area contributed by atoms with E-state index in [-0.39, 0.29) is 54.1 Å². The number of aliphatic carboxylic acids is 1. The van der Waals surface area contributed by atoms with Crippen molar-refractivity contribution in [1.82, 2.24) is 4.90 Å². The number of nitrogens with two attached hydrogens (primary N) is 1. The van der Waals surface area contributed by atoms with Crippen molar-refractivity contribution in [3.05, 3.63) is 10.6 Å². The first-order valence-electron chi connectivity index (χ1n) is 6.29. The van der Waals surface area contributed by atoms with E-state index in [2.05, 4.69) is 4.99 Å². The Bertz CT molecular complexity index is 503. The molecule has 6 N–H and O–H groups in total. The third kappa shape index (κ3) is 3.84. The Morgan fingerprint density at radius 1 is 1.68 bits per heavy atom. The van der Waals surface area contributed by atoms with Gasteiger partial charge in [0.2, 0.25) is 5.91 Å². The molecule has 0 radical (unpaired) electrons. The molecule has 3 atom stereocenters. The zero-order chi connectivity index (χ0) is 14.9. The molecule has 22 heavy (non-hydrogen) atoms. The fourth-order valence-corrected chi connectivity index (χ4v) is 3.71. The van der Waals surface area contributed by atoms with Crippen LogP contribution in [0.1, 0.15) is 14.8 Å². The van der Waals surface area contributed by atoms with Gasteiger partial charge in [-0.1, -0.05) is 0 Å². The number of carboxylic acids is 1. The molecular formula is C12H20N3NaO5S. The van der Waals surface area contributed by atoms with Gasteiger partial charge in [0.1, 0.15) is 5.70 Å². The van der Waals surface area contributed by atoms with Gasteiger partial charge in [-0.25, -0.2) is 4.79 Å². The molecule has 10 heteroatoms. The Balaban J connectivity index is 0. The number of β-lactam (4-membered cyclic amide) rings is 1. The summed E-state index contributed by atoms with van der Waals surface area (Å²) in [7, 11) is 0. The fraction of sp³-hybridized carbons (Fsp3) is 0.583. The maximum Gasteiger partial charge on any atom is 1.00 e. The van der Waals surface area contributed by atoms with Crippen LogP contribution in [0.5, 0.6) is 0 Å². The molecule has 0 bridgehead atoms. The van der Waals surface area contributed by atoms with E-state index in [4.69, 9.17) is 5.73 Å². The Kier molecular flexibility index (Phi) is 8.66. The van der Waals surface area contributed by atoms with E-state index in [1.54, 1.807) is 6.92 Å². The Morgan fingerprint density at radius 2 is 2.32 bits per heavy atom. The first-order chi connectivity index (χ1) is 9.49. The molecule has 1 saturated heterocycles. The predicted octanol–water partition coefficient (Wildman–Crippen LogP) is -4.09. The van der Waals surface area contributed by atoms with Gasteiger partial charge in [-0.2, -0.15) is 0 Å². The van der Waals surface area contributed by atoms with Gasteiger partial charge in [0.15, 0.2) is 0 Å². The third-order valence-electron chi connectivity index (χ3n) is 3.49. The largest absolute Gasteiger partial charge is 1.00 e. The molecule has 0 unspecified atom stereocenters. The number of hydrogen-bond donors (Lipinski definition) is 3. The van der Waals surface area contributed by atoms with Crippen LogP contribution in [0.15, 0.2) is 15.6 Å². The van der Waals surface area contributed by atoms with Crippen molar-refractivity contribution in [3.63, 3.8) is 0 Å². The number of amides is 1. The van der Waals surface area contributed by atoms with Gasteiger partial charge in [0.25, 0.3) is 0 Å². The summed E-state index contributed by atoms with van der Waals surface area (Å²) in [6, 6.07) is -0.228. The van der Waals surface area contributed by atoms with Crippen LogP contribution in [0.2, 0.25) is 0 Å². The van der Waals surface area contributed by atoms with E-state index in [0.29, 0.717) is 23.6 Å². The number of rotatable bonds is 6. The van der Waals surface area contributed by atoms with Crippen LogP contribution < -0.4 is 35.3 Å². The average Bonchev–Trinajstić information content (AvgIpc) is 2.69.